The van der Waals surface area contributed by atoms with Crippen molar-refractivity contribution in [2.75, 3.05) is 0 Å². The average Bonchev–Trinajstić information content (AvgIpc) is 2.54. The Kier molecular flexibility index (Phi) is 1.09. The van der Waals surface area contributed by atoms with Gasteiger partial charge in [-0.1, -0.05) is 18.2 Å². The van der Waals surface area contributed by atoms with Crippen LogP contribution in [-0.4, -0.2) is 17.2 Å². The highest BCUT2D eigenvalue weighted by molar-refractivity contribution is 5.75. The molecule has 2 fully saturated rings. The van der Waals surface area contributed by atoms with Crippen LogP contribution in [0.25, 0.3) is 0 Å². The summed E-state index contributed by atoms with van der Waals surface area (Å²) in [5, 5.41) is 2.92. The molecule has 3 nitrogen and oxygen atoms in total. The molecule has 2 unspecified atom stereocenters. The molecule has 1 saturated heterocycles. The number of allylic oxidation sites excluding steroid dienone is 2. The Labute approximate surface area is 76.5 Å². The zero-order valence-corrected chi connectivity index (χ0v) is 7.25. The first kappa shape index (κ1) is 7.18. The average molecular weight is 177 g/mol. The summed E-state index contributed by atoms with van der Waals surface area (Å²) in [6.45, 7) is 0. The van der Waals surface area contributed by atoms with Crippen LogP contribution in [0, 0.1) is 0 Å². The minimum Gasteiger partial charge on any atom is -0.436 e. The largest absolute Gasteiger partial charge is 0.436 e. The van der Waals surface area contributed by atoms with Gasteiger partial charge in [0, 0.05) is 0 Å². The highest BCUT2D eigenvalue weighted by Crippen LogP contribution is 2.49. The van der Waals surface area contributed by atoms with Crippen molar-refractivity contribution in [2.24, 2.45) is 0 Å². The molecule has 0 aromatic carbocycles. The molecule has 3 aliphatic rings. The van der Waals surface area contributed by atoms with Crippen LogP contribution in [0.5, 0.6) is 0 Å². The lowest BCUT2D eigenvalue weighted by molar-refractivity contribution is 0.0721. The summed E-state index contributed by atoms with van der Waals surface area (Å²) in [5.74, 6) is 0. The van der Waals surface area contributed by atoms with Crippen LogP contribution in [0.1, 0.15) is 19.3 Å². The molecule has 3 heteroatoms. The van der Waals surface area contributed by atoms with Gasteiger partial charge in [-0.25, -0.2) is 4.79 Å². The van der Waals surface area contributed by atoms with Crippen molar-refractivity contribution in [3.8, 4) is 0 Å². The molecule has 0 aromatic heterocycles. The van der Waals surface area contributed by atoms with E-state index in [2.05, 4.69) is 11.4 Å². The van der Waals surface area contributed by atoms with Gasteiger partial charge in [-0.2, -0.15) is 0 Å². The van der Waals surface area contributed by atoms with E-state index in [4.69, 9.17) is 4.74 Å². The second kappa shape index (κ2) is 1.97. The first-order chi connectivity index (χ1) is 6.27. The zero-order chi connectivity index (χ0) is 8.94. The van der Waals surface area contributed by atoms with Crippen molar-refractivity contribution in [1.29, 1.82) is 0 Å². The molecule has 1 N–H and O–H groups in total. The molecule has 1 saturated carbocycles. The van der Waals surface area contributed by atoms with E-state index in [1.54, 1.807) is 0 Å². The minimum absolute atomic E-state index is 0.237. The highest BCUT2D eigenvalue weighted by atomic mass is 16.6. The Morgan fingerprint density at radius 1 is 1.31 bits per heavy atom. The number of ether oxygens (including phenoxy) is 1. The Morgan fingerprint density at radius 2 is 2.15 bits per heavy atom. The number of rotatable bonds is 0. The molecule has 3 rings (SSSR count). The maximum absolute atomic E-state index is 11.2. The van der Waals surface area contributed by atoms with E-state index in [-0.39, 0.29) is 17.2 Å². The SMILES string of the molecule is O=C1NC23C=CC=CC2(CCC3)O1. The molecule has 0 bridgehead atoms. The summed E-state index contributed by atoms with van der Waals surface area (Å²) in [5.41, 5.74) is -0.613. The molecule has 0 radical (unpaired) electrons. The third-order valence-corrected chi connectivity index (χ3v) is 3.33. The molecule has 0 aromatic rings. The van der Waals surface area contributed by atoms with Crippen LogP contribution in [-0.2, 0) is 4.74 Å². The van der Waals surface area contributed by atoms with Crippen molar-refractivity contribution in [3.05, 3.63) is 24.3 Å². The Morgan fingerprint density at radius 3 is 3.00 bits per heavy atom. The van der Waals surface area contributed by atoms with Gasteiger partial charge >= 0.3 is 6.09 Å². The number of amides is 1. The molecule has 0 spiro atoms. The van der Waals surface area contributed by atoms with Crippen LogP contribution in [0.2, 0.25) is 0 Å². The van der Waals surface area contributed by atoms with Gasteiger partial charge < -0.3 is 10.1 Å². The number of nitrogens with one attached hydrogen (secondary N) is 1. The lowest BCUT2D eigenvalue weighted by atomic mass is 9.80. The summed E-state index contributed by atoms with van der Waals surface area (Å²) >= 11 is 0. The maximum atomic E-state index is 11.2. The highest BCUT2D eigenvalue weighted by Gasteiger charge is 2.61. The molecular formula is C10H11NO2. The van der Waals surface area contributed by atoms with Crippen molar-refractivity contribution in [3.63, 3.8) is 0 Å². The van der Waals surface area contributed by atoms with Gasteiger partial charge in [0.25, 0.3) is 0 Å². The predicted octanol–water partition coefficient (Wildman–Crippen LogP) is 1.51. The second-order valence-electron chi connectivity index (χ2n) is 3.95. The number of alkyl carbamates (subject to hydrolysis) is 1. The molecule has 2 aliphatic carbocycles. The van der Waals surface area contributed by atoms with E-state index < -0.39 is 0 Å². The maximum Gasteiger partial charge on any atom is 0.408 e. The summed E-state index contributed by atoms with van der Waals surface area (Å²) < 4.78 is 5.38. The summed E-state index contributed by atoms with van der Waals surface area (Å²) in [6, 6.07) is 0. The molecule has 1 amide bonds. The van der Waals surface area contributed by atoms with Gasteiger partial charge in [0.15, 0.2) is 5.60 Å². The van der Waals surface area contributed by atoms with Crippen molar-refractivity contribution in [2.45, 2.75) is 30.4 Å². The molecule has 13 heavy (non-hydrogen) atoms. The van der Waals surface area contributed by atoms with Gasteiger partial charge in [-0.3, -0.25) is 0 Å². The summed E-state index contributed by atoms with van der Waals surface area (Å²) in [6.07, 6.45) is 10.8. The quantitative estimate of drug-likeness (QED) is 0.609. The smallest absolute Gasteiger partial charge is 0.408 e. The van der Waals surface area contributed by atoms with E-state index in [1.165, 1.54) is 0 Å². The molecule has 68 valence electrons. The lowest BCUT2D eigenvalue weighted by Gasteiger charge is -2.33. The minimum atomic E-state index is -0.376. The standard InChI is InChI=1S/C10H11NO2/c12-8-11-9-4-1-2-6-10(9,13-8)7-3-5-9/h1-2,4,6H,3,5,7H2,(H,11,12). The van der Waals surface area contributed by atoms with Gasteiger partial charge in [0.05, 0.1) is 0 Å². The van der Waals surface area contributed by atoms with Gasteiger partial charge in [-0.05, 0) is 25.3 Å². The number of hydrogen-bond acceptors (Lipinski definition) is 2. The van der Waals surface area contributed by atoms with Gasteiger partial charge in [-0.15, -0.1) is 0 Å². The number of hydrogen-bond donors (Lipinski definition) is 1. The van der Waals surface area contributed by atoms with Crippen LogP contribution in [0.15, 0.2) is 24.3 Å². The normalized spacial score (nSPS) is 45.4. The van der Waals surface area contributed by atoms with E-state index in [9.17, 15) is 4.79 Å². The van der Waals surface area contributed by atoms with Crippen LogP contribution < -0.4 is 5.32 Å². The van der Waals surface area contributed by atoms with Crippen molar-refractivity contribution < 1.29 is 9.53 Å². The van der Waals surface area contributed by atoms with E-state index in [0.717, 1.165) is 19.3 Å². The summed E-state index contributed by atoms with van der Waals surface area (Å²) in [4.78, 5) is 11.2. The van der Waals surface area contributed by atoms with Crippen LogP contribution in [0.3, 0.4) is 0 Å². The monoisotopic (exact) mass is 177 g/mol. The molecule has 1 heterocycles. The Balaban J connectivity index is 2.16. The first-order valence-electron chi connectivity index (χ1n) is 4.65. The predicted molar refractivity (Wildman–Crippen MR) is 47.2 cm³/mol. The van der Waals surface area contributed by atoms with Crippen molar-refractivity contribution >= 4 is 6.09 Å². The van der Waals surface area contributed by atoms with E-state index in [0.29, 0.717) is 0 Å². The Bertz CT molecular complexity index is 304. The fraction of sp³-hybridized carbons (Fsp3) is 0.500. The zero-order valence-electron chi connectivity index (χ0n) is 7.25. The number of carbonyl (C=O) groups is 1. The van der Waals surface area contributed by atoms with E-state index in [1.807, 2.05) is 18.2 Å². The fourth-order valence-electron chi connectivity index (χ4n) is 2.71. The topological polar surface area (TPSA) is 38.3 Å². The fourth-order valence-corrected chi connectivity index (χ4v) is 2.71. The number of carbonyl (C=O) groups excluding carboxylic acids is 1. The third kappa shape index (κ3) is 0.682. The summed E-state index contributed by atoms with van der Waals surface area (Å²) in [7, 11) is 0. The van der Waals surface area contributed by atoms with Crippen LogP contribution >= 0.6 is 0 Å². The molecular weight excluding hydrogens is 166 g/mol. The Hall–Kier alpha value is -1.25. The van der Waals surface area contributed by atoms with Gasteiger partial charge in [0.2, 0.25) is 0 Å². The van der Waals surface area contributed by atoms with Crippen molar-refractivity contribution in [1.82, 2.24) is 5.32 Å². The second-order valence-corrected chi connectivity index (χ2v) is 3.95. The molecule has 2 atom stereocenters. The third-order valence-electron chi connectivity index (χ3n) is 3.33. The van der Waals surface area contributed by atoms with E-state index >= 15 is 0 Å². The lowest BCUT2D eigenvalue weighted by Crippen LogP contribution is -2.51. The van der Waals surface area contributed by atoms with Gasteiger partial charge in [0.1, 0.15) is 5.54 Å². The molecule has 1 aliphatic heterocycles. The van der Waals surface area contributed by atoms with Crippen LogP contribution in [0.4, 0.5) is 4.79 Å². The first-order valence-corrected chi connectivity index (χ1v) is 4.65.